The van der Waals surface area contributed by atoms with Gasteiger partial charge in [-0.05, 0) is 38.8 Å². The summed E-state index contributed by atoms with van der Waals surface area (Å²) in [7, 11) is 0. The molecule has 1 heterocycles. The van der Waals surface area contributed by atoms with Crippen LogP contribution < -0.4 is 5.73 Å². The third-order valence-electron chi connectivity index (χ3n) is 4.00. The van der Waals surface area contributed by atoms with Crippen LogP contribution in [0.25, 0.3) is 0 Å². The van der Waals surface area contributed by atoms with Crippen molar-refractivity contribution in [3.63, 3.8) is 0 Å². The van der Waals surface area contributed by atoms with Gasteiger partial charge in [0.1, 0.15) is 5.54 Å². The smallest absolute Gasteiger partial charge is 0.142 e. The van der Waals surface area contributed by atoms with Gasteiger partial charge in [-0.25, -0.2) is 0 Å². The van der Waals surface area contributed by atoms with E-state index in [1.54, 1.807) is 0 Å². The second-order valence-corrected chi connectivity index (χ2v) is 5.79. The van der Waals surface area contributed by atoms with Gasteiger partial charge in [-0.15, -0.1) is 0 Å². The molecule has 2 N–H and O–H groups in total. The van der Waals surface area contributed by atoms with Crippen LogP contribution in [0.5, 0.6) is 0 Å². The van der Waals surface area contributed by atoms with E-state index in [0.29, 0.717) is 6.54 Å². The molecule has 0 amide bonds. The van der Waals surface area contributed by atoms with Crippen LogP contribution in [-0.4, -0.2) is 23.5 Å². The standard InChI is InChI=1S/C15H21N3/c1-14(2)9-6-10-18(14)12-15(17,11-16)13-7-4-3-5-8-13/h3-5,7-8H,6,9-10,12,17H2,1-2H3. The van der Waals surface area contributed by atoms with Gasteiger partial charge in [-0.1, -0.05) is 30.3 Å². The summed E-state index contributed by atoms with van der Waals surface area (Å²) < 4.78 is 0. The minimum Gasteiger partial charge on any atom is -0.309 e. The zero-order valence-corrected chi connectivity index (χ0v) is 11.2. The Morgan fingerprint density at radius 3 is 2.56 bits per heavy atom. The monoisotopic (exact) mass is 243 g/mol. The molecule has 18 heavy (non-hydrogen) atoms. The number of rotatable bonds is 3. The predicted molar refractivity (Wildman–Crippen MR) is 72.8 cm³/mol. The fraction of sp³-hybridized carbons (Fsp3) is 0.533. The number of hydrogen-bond acceptors (Lipinski definition) is 3. The number of hydrogen-bond donors (Lipinski definition) is 1. The molecule has 1 aromatic rings. The molecule has 1 aliphatic rings. The second kappa shape index (κ2) is 4.72. The maximum Gasteiger partial charge on any atom is 0.142 e. The van der Waals surface area contributed by atoms with Crippen molar-refractivity contribution in [2.24, 2.45) is 5.73 Å². The van der Waals surface area contributed by atoms with Crippen LogP contribution in [0, 0.1) is 11.3 Å². The number of nitrogens with two attached hydrogens (primary N) is 1. The molecule has 1 saturated heterocycles. The number of nitriles is 1. The SMILES string of the molecule is CC1(C)CCCN1CC(N)(C#N)c1ccccc1. The second-order valence-electron chi connectivity index (χ2n) is 5.79. The van der Waals surface area contributed by atoms with E-state index in [1.165, 1.54) is 12.8 Å². The molecular formula is C15H21N3. The predicted octanol–water partition coefficient (Wildman–Crippen LogP) is 2.24. The van der Waals surface area contributed by atoms with Crippen molar-refractivity contribution in [1.82, 2.24) is 4.90 Å². The summed E-state index contributed by atoms with van der Waals surface area (Å²) in [5, 5.41) is 9.47. The van der Waals surface area contributed by atoms with Crippen molar-refractivity contribution in [2.45, 2.75) is 37.8 Å². The van der Waals surface area contributed by atoms with Gasteiger partial charge in [0.2, 0.25) is 0 Å². The van der Waals surface area contributed by atoms with Crippen molar-refractivity contribution in [3.05, 3.63) is 35.9 Å². The average molecular weight is 243 g/mol. The molecule has 3 heteroatoms. The Morgan fingerprint density at radius 2 is 2.06 bits per heavy atom. The third kappa shape index (κ3) is 2.40. The van der Waals surface area contributed by atoms with E-state index in [2.05, 4.69) is 24.8 Å². The van der Waals surface area contributed by atoms with Crippen LogP contribution in [0.15, 0.2) is 30.3 Å². The topological polar surface area (TPSA) is 53.0 Å². The molecule has 2 rings (SSSR count). The molecule has 96 valence electrons. The van der Waals surface area contributed by atoms with Gasteiger partial charge in [0.25, 0.3) is 0 Å². The Kier molecular flexibility index (Phi) is 3.43. The molecule has 0 bridgehead atoms. The van der Waals surface area contributed by atoms with Crippen molar-refractivity contribution in [3.8, 4) is 6.07 Å². The molecule has 0 saturated carbocycles. The van der Waals surface area contributed by atoms with Gasteiger partial charge in [0.05, 0.1) is 6.07 Å². The summed E-state index contributed by atoms with van der Waals surface area (Å²) in [6, 6.07) is 12.0. The summed E-state index contributed by atoms with van der Waals surface area (Å²) in [4.78, 5) is 2.34. The van der Waals surface area contributed by atoms with E-state index in [4.69, 9.17) is 5.73 Å². The first kappa shape index (κ1) is 13.1. The number of benzene rings is 1. The van der Waals surface area contributed by atoms with Crippen LogP contribution >= 0.6 is 0 Å². The Bertz CT molecular complexity index is 447. The summed E-state index contributed by atoms with van der Waals surface area (Å²) in [5.74, 6) is 0. The zero-order valence-electron chi connectivity index (χ0n) is 11.2. The number of nitrogens with zero attached hydrogens (tertiary/aromatic N) is 2. The van der Waals surface area contributed by atoms with Gasteiger partial charge in [-0.2, -0.15) is 5.26 Å². The normalized spacial score (nSPS) is 22.3. The first-order chi connectivity index (χ1) is 8.48. The van der Waals surface area contributed by atoms with Crippen LogP contribution in [0.1, 0.15) is 32.3 Å². The first-order valence-corrected chi connectivity index (χ1v) is 6.49. The molecule has 0 radical (unpaired) electrons. The Morgan fingerprint density at radius 1 is 1.39 bits per heavy atom. The van der Waals surface area contributed by atoms with E-state index < -0.39 is 5.54 Å². The number of likely N-dealkylation sites (tertiary alicyclic amines) is 1. The molecule has 0 aromatic heterocycles. The largest absolute Gasteiger partial charge is 0.309 e. The summed E-state index contributed by atoms with van der Waals surface area (Å²) >= 11 is 0. The lowest BCUT2D eigenvalue weighted by atomic mass is 9.90. The van der Waals surface area contributed by atoms with E-state index >= 15 is 0 Å². The Labute approximate surface area is 109 Å². The van der Waals surface area contributed by atoms with Crippen LogP contribution in [0.2, 0.25) is 0 Å². The quantitative estimate of drug-likeness (QED) is 0.885. The Balaban J connectivity index is 2.22. The Hall–Kier alpha value is -1.37. The highest BCUT2D eigenvalue weighted by Crippen LogP contribution is 2.31. The van der Waals surface area contributed by atoms with Crippen LogP contribution in [0.3, 0.4) is 0 Å². The summed E-state index contributed by atoms with van der Waals surface area (Å²) in [6.45, 7) is 6.08. The van der Waals surface area contributed by atoms with E-state index in [1.807, 2.05) is 30.3 Å². The van der Waals surface area contributed by atoms with E-state index in [-0.39, 0.29) is 5.54 Å². The van der Waals surface area contributed by atoms with Crippen molar-refractivity contribution in [1.29, 1.82) is 5.26 Å². The lowest BCUT2D eigenvalue weighted by molar-refractivity contribution is 0.150. The van der Waals surface area contributed by atoms with Crippen molar-refractivity contribution in [2.75, 3.05) is 13.1 Å². The molecule has 0 aliphatic carbocycles. The van der Waals surface area contributed by atoms with Gasteiger partial charge in [-0.3, -0.25) is 4.90 Å². The fourth-order valence-electron chi connectivity index (χ4n) is 2.68. The lowest BCUT2D eigenvalue weighted by Gasteiger charge is -2.36. The first-order valence-electron chi connectivity index (χ1n) is 6.49. The van der Waals surface area contributed by atoms with Crippen molar-refractivity contribution < 1.29 is 0 Å². The zero-order chi connectivity index (χ0) is 13.2. The van der Waals surface area contributed by atoms with E-state index in [0.717, 1.165) is 12.1 Å². The average Bonchev–Trinajstić information content (AvgIpc) is 2.69. The van der Waals surface area contributed by atoms with Gasteiger partial charge in [0, 0.05) is 12.1 Å². The molecule has 3 nitrogen and oxygen atoms in total. The van der Waals surface area contributed by atoms with Gasteiger partial charge in [0.15, 0.2) is 0 Å². The van der Waals surface area contributed by atoms with Gasteiger partial charge < -0.3 is 5.73 Å². The highest BCUT2D eigenvalue weighted by molar-refractivity contribution is 5.31. The van der Waals surface area contributed by atoms with Crippen LogP contribution in [0.4, 0.5) is 0 Å². The minimum absolute atomic E-state index is 0.149. The molecular weight excluding hydrogens is 222 g/mol. The highest BCUT2D eigenvalue weighted by Gasteiger charge is 2.38. The highest BCUT2D eigenvalue weighted by atomic mass is 15.2. The summed E-state index contributed by atoms with van der Waals surface area (Å²) in [5.41, 5.74) is 6.45. The van der Waals surface area contributed by atoms with Gasteiger partial charge >= 0.3 is 0 Å². The molecule has 0 spiro atoms. The minimum atomic E-state index is -0.914. The maximum atomic E-state index is 9.47. The van der Waals surface area contributed by atoms with Crippen LogP contribution in [-0.2, 0) is 5.54 Å². The van der Waals surface area contributed by atoms with Crippen molar-refractivity contribution >= 4 is 0 Å². The fourth-order valence-corrected chi connectivity index (χ4v) is 2.68. The molecule has 1 aliphatic heterocycles. The summed E-state index contributed by atoms with van der Waals surface area (Å²) in [6.07, 6.45) is 2.35. The maximum absolute atomic E-state index is 9.47. The molecule has 1 fully saturated rings. The molecule has 1 aromatic carbocycles. The molecule has 1 unspecified atom stereocenters. The lowest BCUT2D eigenvalue weighted by Crippen LogP contribution is -2.51. The molecule has 1 atom stereocenters. The third-order valence-corrected chi connectivity index (χ3v) is 4.00. The van der Waals surface area contributed by atoms with E-state index in [9.17, 15) is 5.26 Å².